The summed E-state index contributed by atoms with van der Waals surface area (Å²) in [6.07, 6.45) is 0.352. The summed E-state index contributed by atoms with van der Waals surface area (Å²) in [5.41, 5.74) is 2.56. The highest BCUT2D eigenvalue weighted by Gasteiger charge is 2.48. The molecule has 2 aromatic rings. The molecule has 2 unspecified atom stereocenters. The molecular weight excluding hydrogens is 428 g/mol. The maximum atomic E-state index is 12.8. The Labute approximate surface area is 200 Å². The SMILES string of the molecule is CN1C(=O)NC(=O)C2C1N=C(CN1CCN(Cc3ccccc3)CC1)N2CCc1ccccc1. The number of nitrogens with zero attached hydrogens (tertiary/aromatic N) is 5. The summed E-state index contributed by atoms with van der Waals surface area (Å²) in [5.74, 6) is 0.645. The molecule has 2 atom stereocenters. The van der Waals surface area contributed by atoms with Crippen LogP contribution in [0.25, 0.3) is 0 Å². The molecule has 8 heteroatoms. The van der Waals surface area contributed by atoms with Crippen molar-refractivity contribution >= 4 is 17.8 Å². The van der Waals surface area contributed by atoms with Crippen molar-refractivity contribution < 1.29 is 9.59 Å². The van der Waals surface area contributed by atoms with Gasteiger partial charge in [0.15, 0.2) is 12.2 Å². The molecule has 0 radical (unpaired) electrons. The minimum Gasteiger partial charge on any atom is -0.343 e. The van der Waals surface area contributed by atoms with E-state index in [4.69, 9.17) is 4.99 Å². The minimum absolute atomic E-state index is 0.257. The van der Waals surface area contributed by atoms with Crippen LogP contribution < -0.4 is 5.32 Å². The fourth-order valence-corrected chi connectivity index (χ4v) is 5.02. The third-order valence-electron chi connectivity index (χ3n) is 7.01. The molecule has 2 aromatic carbocycles. The second-order valence-electron chi connectivity index (χ2n) is 9.28. The van der Waals surface area contributed by atoms with Crippen LogP contribution in [0.5, 0.6) is 0 Å². The number of aliphatic imine (C=N–C) groups is 1. The quantitative estimate of drug-likeness (QED) is 0.680. The average Bonchev–Trinajstić information content (AvgIpc) is 3.22. The maximum Gasteiger partial charge on any atom is 0.325 e. The van der Waals surface area contributed by atoms with E-state index >= 15 is 0 Å². The Kier molecular flexibility index (Phi) is 6.60. The number of carbonyl (C=O) groups excluding carboxylic acids is 2. The van der Waals surface area contributed by atoms with Crippen LogP contribution in [0.15, 0.2) is 65.7 Å². The fraction of sp³-hybridized carbons (Fsp3) is 0.423. The zero-order valence-electron chi connectivity index (χ0n) is 19.6. The zero-order valence-corrected chi connectivity index (χ0v) is 19.6. The summed E-state index contributed by atoms with van der Waals surface area (Å²) in [6.45, 7) is 6.25. The number of urea groups is 1. The highest BCUT2D eigenvalue weighted by Crippen LogP contribution is 2.25. The normalized spacial score (nSPS) is 23.6. The molecule has 0 aromatic heterocycles. The van der Waals surface area contributed by atoms with Crippen LogP contribution in [0.4, 0.5) is 4.79 Å². The number of benzene rings is 2. The van der Waals surface area contributed by atoms with Gasteiger partial charge in [-0.2, -0.15) is 0 Å². The molecule has 0 spiro atoms. The van der Waals surface area contributed by atoms with Crippen LogP contribution >= 0.6 is 0 Å². The molecular formula is C26H32N6O2. The first-order chi connectivity index (χ1) is 16.6. The molecule has 0 aliphatic carbocycles. The largest absolute Gasteiger partial charge is 0.343 e. The number of fused-ring (bicyclic) bond motifs is 1. The van der Waals surface area contributed by atoms with E-state index in [-0.39, 0.29) is 11.9 Å². The monoisotopic (exact) mass is 460 g/mol. The van der Waals surface area contributed by atoms with Crippen LogP contribution in [0.3, 0.4) is 0 Å². The highest BCUT2D eigenvalue weighted by atomic mass is 16.2. The molecule has 3 aliphatic rings. The lowest BCUT2D eigenvalue weighted by atomic mass is 10.1. The maximum absolute atomic E-state index is 12.8. The summed E-state index contributed by atoms with van der Waals surface area (Å²) in [5, 5.41) is 2.49. The van der Waals surface area contributed by atoms with Gasteiger partial charge in [0.05, 0.1) is 6.54 Å². The van der Waals surface area contributed by atoms with Crippen molar-refractivity contribution in [2.24, 2.45) is 4.99 Å². The first-order valence-corrected chi connectivity index (χ1v) is 12.0. The van der Waals surface area contributed by atoms with Gasteiger partial charge in [0.2, 0.25) is 0 Å². The Morgan fingerprint density at radius 1 is 0.853 bits per heavy atom. The van der Waals surface area contributed by atoms with Crippen LogP contribution in [-0.4, -0.2) is 95.9 Å². The van der Waals surface area contributed by atoms with Crippen molar-refractivity contribution in [3.05, 3.63) is 71.8 Å². The van der Waals surface area contributed by atoms with Gasteiger partial charge < -0.3 is 9.80 Å². The Morgan fingerprint density at radius 2 is 1.44 bits per heavy atom. The molecule has 2 fully saturated rings. The number of nitrogens with one attached hydrogen (secondary N) is 1. The van der Waals surface area contributed by atoms with Crippen molar-refractivity contribution in [1.29, 1.82) is 0 Å². The number of imide groups is 1. The first-order valence-electron chi connectivity index (χ1n) is 12.0. The number of amidine groups is 1. The summed E-state index contributed by atoms with van der Waals surface area (Å²) < 4.78 is 0. The zero-order chi connectivity index (χ0) is 23.5. The van der Waals surface area contributed by atoms with E-state index in [1.807, 2.05) is 18.2 Å². The lowest BCUT2D eigenvalue weighted by Gasteiger charge is -2.38. The number of likely N-dealkylation sites (N-methyl/N-ethyl adjacent to an activating group) is 1. The molecule has 2 saturated heterocycles. The molecule has 178 valence electrons. The van der Waals surface area contributed by atoms with E-state index in [9.17, 15) is 9.59 Å². The average molecular weight is 461 g/mol. The van der Waals surface area contributed by atoms with Crippen molar-refractivity contribution in [2.45, 2.75) is 25.2 Å². The van der Waals surface area contributed by atoms with E-state index in [0.717, 1.165) is 45.0 Å². The van der Waals surface area contributed by atoms with Crippen molar-refractivity contribution in [3.63, 3.8) is 0 Å². The predicted molar refractivity (Wildman–Crippen MR) is 131 cm³/mol. The van der Waals surface area contributed by atoms with Gasteiger partial charge in [-0.3, -0.25) is 19.9 Å². The predicted octanol–water partition coefficient (Wildman–Crippen LogP) is 1.64. The number of rotatable bonds is 7. The van der Waals surface area contributed by atoms with Crippen LogP contribution in [0, 0.1) is 0 Å². The second-order valence-corrected chi connectivity index (χ2v) is 9.28. The Hall–Kier alpha value is -3.23. The summed E-state index contributed by atoms with van der Waals surface area (Å²) in [4.78, 5) is 38.5. The number of carbonyl (C=O) groups is 2. The van der Waals surface area contributed by atoms with Gasteiger partial charge in [0.1, 0.15) is 5.84 Å². The molecule has 3 amide bonds. The van der Waals surface area contributed by atoms with Gasteiger partial charge in [-0.25, -0.2) is 9.79 Å². The topological polar surface area (TPSA) is 71.5 Å². The molecule has 0 bridgehead atoms. The number of amides is 3. The standard InChI is InChI=1S/C26H32N6O2/c1-29-24-23(25(33)28-26(29)34)32(13-12-20-8-4-2-5-9-20)22(27-24)19-31-16-14-30(15-17-31)18-21-10-6-3-7-11-21/h2-11,23-24H,12-19H2,1H3,(H,28,33,34). The number of hydrogen-bond acceptors (Lipinski definition) is 6. The van der Waals surface area contributed by atoms with E-state index in [1.54, 1.807) is 11.9 Å². The molecule has 0 saturated carbocycles. The van der Waals surface area contributed by atoms with E-state index < -0.39 is 12.2 Å². The third kappa shape index (κ3) is 4.83. The summed E-state index contributed by atoms with van der Waals surface area (Å²) in [6, 6.07) is 20.0. The van der Waals surface area contributed by atoms with E-state index in [1.165, 1.54) is 11.1 Å². The van der Waals surface area contributed by atoms with E-state index in [2.05, 4.69) is 62.5 Å². The number of hydrogen-bond donors (Lipinski definition) is 1. The van der Waals surface area contributed by atoms with Crippen molar-refractivity contribution in [3.8, 4) is 0 Å². The van der Waals surface area contributed by atoms with Crippen molar-refractivity contribution in [2.75, 3.05) is 46.3 Å². The Balaban J connectivity index is 1.25. The summed E-state index contributed by atoms with van der Waals surface area (Å²) >= 11 is 0. The van der Waals surface area contributed by atoms with E-state index in [0.29, 0.717) is 13.1 Å². The molecule has 34 heavy (non-hydrogen) atoms. The van der Waals surface area contributed by atoms with Gasteiger partial charge in [-0.05, 0) is 17.5 Å². The van der Waals surface area contributed by atoms with Gasteiger partial charge in [0.25, 0.3) is 5.91 Å². The van der Waals surface area contributed by atoms with Gasteiger partial charge in [0, 0.05) is 46.3 Å². The van der Waals surface area contributed by atoms with Crippen LogP contribution in [0.1, 0.15) is 11.1 Å². The molecule has 5 rings (SSSR count). The minimum atomic E-state index is -0.471. The van der Waals surface area contributed by atoms with Crippen molar-refractivity contribution in [1.82, 2.24) is 24.9 Å². The Bertz CT molecular complexity index is 1040. The molecule has 8 nitrogen and oxygen atoms in total. The van der Waals surface area contributed by atoms with Crippen LogP contribution in [0.2, 0.25) is 0 Å². The molecule has 3 heterocycles. The van der Waals surface area contributed by atoms with Gasteiger partial charge in [-0.15, -0.1) is 0 Å². The first kappa shape index (κ1) is 22.6. The lowest BCUT2D eigenvalue weighted by Crippen LogP contribution is -2.64. The van der Waals surface area contributed by atoms with Gasteiger partial charge >= 0.3 is 6.03 Å². The lowest BCUT2D eigenvalue weighted by molar-refractivity contribution is -0.127. The molecule has 3 aliphatic heterocycles. The third-order valence-corrected chi connectivity index (χ3v) is 7.01. The van der Waals surface area contributed by atoms with Crippen LogP contribution in [-0.2, 0) is 17.8 Å². The molecule has 1 N–H and O–H groups in total. The number of piperazine rings is 1. The smallest absolute Gasteiger partial charge is 0.325 e. The fourth-order valence-electron chi connectivity index (χ4n) is 5.02. The second kappa shape index (κ2) is 9.95. The highest BCUT2D eigenvalue weighted by molar-refractivity contribution is 6.04. The Morgan fingerprint density at radius 3 is 2.09 bits per heavy atom. The summed E-state index contributed by atoms with van der Waals surface area (Å²) in [7, 11) is 1.71. The van der Waals surface area contributed by atoms with Gasteiger partial charge in [-0.1, -0.05) is 60.7 Å².